The van der Waals surface area contributed by atoms with Crippen molar-refractivity contribution >= 4 is 6.03 Å². The predicted molar refractivity (Wildman–Crippen MR) is 62.8 cm³/mol. The van der Waals surface area contributed by atoms with E-state index in [-0.39, 0.29) is 11.6 Å². The number of hydrogen-bond donors (Lipinski definition) is 3. The van der Waals surface area contributed by atoms with Gasteiger partial charge in [0.25, 0.3) is 0 Å². The maximum Gasteiger partial charge on any atom is 0.315 e. The van der Waals surface area contributed by atoms with Crippen LogP contribution in [0.1, 0.15) is 24.5 Å². The Hall–Kier alpha value is -1.55. The Morgan fingerprint density at radius 2 is 2.31 bits per heavy atom. The third-order valence-electron chi connectivity index (χ3n) is 3.10. The lowest BCUT2D eigenvalue weighted by Crippen LogP contribution is -2.54. The van der Waals surface area contributed by atoms with Crippen LogP contribution in [0.2, 0.25) is 0 Å². The topological polar surface area (TPSA) is 67.1 Å². The van der Waals surface area contributed by atoms with Gasteiger partial charge in [-0.05, 0) is 24.5 Å². The zero-order chi connectivity index (χ0) is 11.6. The van der Waals surface area contributed by atoms with E-state index in [2.05, 4.69) is 16.7 Å². The van der Waals surface area contributed by atoms with E-state index in [0.29, 0.717) is 13.1 Å². The summed E-state index contributed by atoms with van der Waals surface area (Å²) in [4.78, 5) is 11.4. The molecule has 1 aromatic carbocycles. The molecule has 1 saturated heterocycles. The molecule has 0 saturated carbocycles. The van der Waals surface area contributed by atoms with E-state index in [1.54, 1.807) is 0 Å². The maximum atomic E-state index is 11.4. The van der Waals surface area contributed by atoms with E-state index in [0.717, 1.165) is 17.5 Å². The summed E-state index contributed by atoms with van der Waals surface area (Å²) in [5.74, 6) is 0. The van der Waals surface area contributed by atoms with Crippen molar-refractivity contribution in [1.82, 2.24) is 10.6 Å². The molecule has 1 unspecified atom stereocenters. The van der Waals surface area contributed by atoms with Gasteiger partial charge in [0.2, 0.25) is 0 Å². The van der Waals surface area contributed by atoms with Crippen molar-refractivity contribution in [2.75, 3.05) is 6.54 Å². The largest absolute Gasteiger partial charge is 0.338 e. The highest BCUT2D eigenvalue weighted by Crippen LogP contribution is 2.26. The average Bonchev–Trinajstić information content (AvgIpc) is 2.29. The first-order valence-electron chi connectivity index (χ1n) is 5.49. The molecule has 86 valence electrons. The van der Waals surface area contributed by atoms with Crippen molar-refractivity contribution in [2.24, 2.45) is 5.73 Å². The Bertz CT molecular complexity index is 405. The Morgan fingerprint density at radius 1 is 1.50 bits per heavy atom. The van der Waals surface area contributed by atoms with Crippen LogP contribution in [0.4, 0.5) is 4.79 Å². The zero-order valence-corrected chi connectivity index (χ0v) is 9.42. The summed E-state index contributed by atoms with van der Waals surface area (Å²) in [6, 6.07) is 7.97. The molecule has 0 bridgehead atoms. The Labute approximate surface area is 95.2 Å². The van der Waals surface area contributed by atoms with Gasteiger partial charge in [-0.3, -0.25) is 0 Å². The fourth-order valence-corrected chi connectivity index (χ4v) is 2.04. The van der Waals surface area contributed by atoms with Crippen LogP contribution in [0.25, 0.3) is 0 Å². The summed E-state index contributed by atoms with van der Waals surface area (Å²) in [6.45, 7) is 3.27. The molecule has 1 aliphatic rings. The molecule has 4 N–H and O–H groups in total. The molecule has 0 radical (unpaired) electrons. The summed E-state index contributed by atoms with van der Waals surface area (Å²) in [6.07, 6.45) is 0.882. The van der Waals surface area contributed by atoms with Crippen LogP contribution in [0.3, 0.4) is 0 Å². The van der Waals surface area contributed by atoms with E-state index in [1.165, 1.54) is 0 Å². The second-order valence-corrected chi connectivity index (χ2v) is 4.37. The molecule has 0 spiro atoms. The van der Waals surface area contributed by atoms with Crippen LogP contribution < -0.4 is 16.4 Å². The van der Waals surface area contributed by atoms with E-state index < -0.39 is 0 Å². The van der Waals surface area contributed by atoms with E-state index >= 15 is 0 Å². The van der Waals surface area contributed by atoms with Gasteiger partial charge in [0.05, 0.1) is 5.54 Å². The number of carbonyl (C=O) groups excluding carboxylic acids is 1. The van der Waals surface area contributed by atoms with Gasteiger partial charge in [0.15, 0.2) is 0 Å². The number of benzene rings is 1. The lowest BCUT2D eigenvalue weighted by Gasteiger charge is -2.35. The number of urea groups is 1. The van der Waals surface area contributed by atoms with Gasteiger partial charge in [0, 0.05) is 13.1 Å². The quantitative estimate of drug-likeness (QED) is 0.696. The number of carbonyl (C=O) groups is 1. The van der Waals surface area contributed by atoms with Crippen LogP contribution >= 0.6 is 0 Å². The molecular weight excluding hydrogens is 202 g/mol. The fraction of sp³-hybridized carbons (Fsp3) is 0.417. The number of nitrogens with two attached hydrogens (primary N) is 1. The van der Waals surface area contributed by atoms with Gasteiger partial charge in [0.1, 0.15) is 0 Å². The minimum absolute atomic E-state index is 0.105. The minimum Gasteiger partial charge on any atom is -0.338 e. The molecule has 1 atom stereocenters. The first-order valence-corrected chi connectivity index (χ1v) is 5.49. The van der Waals surface area contributed by atoms with Gasteiger partial charge in [-0.25, -0.2) is 4.79 Å². The molecule has 4 nitrogen and oxygen atoms in total. The van der Waals surface area contributed by atoms with Crippen LogP contribution in [0, 0.1) is 0 Å². The Kier molecular flexibility index (Phi) is 2.83. The SMILES string of the molecule is CC1(c2cccc(CN)c2)CCNC(=O)N1. The van der Waals surface area contributed by atoms with Crippen LogP contribution in [-0.2, 0) is 12.1 Å². The van der Waals surface area contributed by atoms with E-state index in [1.807, 2.05) is 25.1 Å². The average molecular weight is 219 g/mol. The summed E-state index contributed by atoms with van der Waals surface area (Å²) in [5.41, 5.74) is 7.54. The normalized spacial score (nSPS) is 24.8. The third kappa shape index (κ3) is 2.02. The molecule has 1 aromatic rings. The summed E-state index contributed by atoms with van der Waals surface area (Å²) in [7, 11) is 0. The maximum absolute atomic E-state index is 11.4. The molecule has 1 heterocycles. The Morgan fingerprint density at radius 3 is 3.00 bits per heavy atom. The number of nitrogens with one attached hydrogen (secondary N) is 2. The molecule has 0 aliphatic carbocycles. The van der Waals surface area contributed by atoms with Crippen LogP contribution in [0.15, 0.2) is 24.3 Å². The number of hydrogen-bond acceptors (Lipinski definition) is 2. The van der Waals surface area contributed by atoms with Gasteiger partial charge < -0.3 is 16.4 Å². The highest BCUT2D eigenvalue weighted by Gasteiger charge is 2.31. The van der Waals surface area contributed by atoms with Crippen molar-refractivity contribution < 1.29 is 4.79 Å². The van der Waals surface area contributed by atoms with Crippen LogP contribution in [-0.4, -0.2) is 12.6 Å². The van der Waals surface area contributed by atoms with Crippen molar-refractivity contribution in [2.45, 2.75) is 25.4 Å². The van der Waals surface area contributed by atoms with Crippen molar-refractivity contribution in [1.29, 1.82) is 0 Å². The first kappa shape index (κ1) is 11.0. The number of rotatable bonds is 2. The van der Waals surface area contributed by atoms with Crippen molar-refractivity contribution in [3.8, 4) is 0 Å². The van der Waals surface area contributed by atoms with E-state index in [9.17, 15) is 4.79 Å². The molecule has 1 aliphatic heterocycles. The molecule has 2 rings (SSSR count). The standard InChI is InChI=1S/C12H17N3O/c1-12(5-6-14-11(16)15-12)10-4-2-3-9(7-10)8-13/h2-4,7H,5-6,8,13H2,1H3,(H2,14,15,16). The second kappa shape index (κ2) is 4.14. The number of amides is 2. The molecule has 2 amide bonds. The molecule has 1 fully saturated rings. The van der Waals surface area contributed by atoms with Gasteiger partial charge in [-0.2, -0.15) is 0 Å². The van der Waals surface area contributed by atoms with Crippen molar-refractivity contribution in [3.05, 3.63) is 35.4 Å². The third-order valence-corrected chi connectivity index (χ3v) is 3.10. The van der Waals surface area contributed by atoms with Crippen LogP contribution in [0.5, 0.6) is 0 Å². The minimum atomic E-state index is -0.284. The fourth-order valence-electron chi connectivity index (χ4n) is 2.04. The monoisotopic (exact) mass is 219 g/mol. The summed E-state index contributed by atoms with van der Waals surface area (Å²) in [5, 5.41) is 5.73. The first-order chi connectivity index (χ1) is 7.64. The van der Waals surface area contributed by atoms with Gasteiger partial charge >= 0.3 is 6.03 Å². The van der Waals surface area contributed by atoms with Gasteiger partial charge in [-0.15, -0.1) is 0 Å². The molecule has 16 heavy (non-hydrogen) atoms. The molecule has 0 aromatic heterocycles. The van der Waals surface area contributed by atoms with Gasteiger partial charge in [-0.1, -0.05) is 24.3 Å². The Balaban J connectivity index is 2.30. The highest BCUT2D eigenvalue weighted by atomic mass is 16.2. The summed E-state index contributed by atoms with van der Waals surface area (Å²) >= 11 is 0. The lowest BCUT2D eigenvalue weighted by molar-refractivity contribution is 0.211. The van der Waals surface area contributed by atoms with E-state index in [4.69, 9.17) is 5.73 Å². The summed E-state index contributed by atoms with van der Waals surface area (Å²) < 4.78 is 0. The highest BCUT2D eigenvalue weighted by molar-refractivity contribution is 5.76. The second-order valence-electron chi connectivity index (χ2n) is 4.37. The van der Waals surface area contributed by atoms with Crippen molar-refractivity contribution in [3.63, 3.8) is 0 Å². The molecular formula is C12H17N3O. The smallest absolute Gasteiger partial charge is 0.315 e. The molecule has 4 heteroatoms. The lowest BCUT2D eigenvalue weighted by atomic mass is 9.86. The predicted octanol–water partition coefficient (Wildman–Crippen LogP) is 1.06. The zero-order valence-electron chi connectivity index (χ0n) is 9.42.